The summed E-state index contributed by atoms with van der Waals surface area (Å²) in [4.78, 5) is 16.1. The predicted octanol–water partition coefficient (Wildman–Crippen LogP) is 2.78. The molecule has 0 bridgehead atoms. The molecule has 2 heteroatoms. The maximum absolute atomic E-state index is 11.9. The molecule has 1 aromatic carbocycles. The molecule has 0 amide bonds. The van der Waals surface area contributed by atoms with Gasteiger partial charge in [0.15, 0.2) is 0 Å². The van der Waals surface area contributed by atoms with Crippen LogP contribution in [0.15, 0.2) is 23.2 Å². The summed E-state index contributed by atoms with van der Waals surface area (Å²) >= 11 is 0. The Hall–Kier alpha value is -1.44. The Morgan fingerprint density at radius 3 is 2.81 bits per heavy atom. The fraction of sp³-hybridized carbons (Fsp3) is 0.429. The van der Waals surface area contributed by atoms with Crippen molar-refractivity contribution in [3.8, 4) is 0 Å². The van der Waals surface area contributed by atoms with Crippen molar-refractivity contribution in [2.75, 3.05) is 0 Å². The summed E-state index contributed by atoms with van der Waals surface area (Å²) in [6.07, 6.45) is 2.42. The number of carbonyl (C=O) groups is 1. The zero-order chi connectivity index (χ0) is 11.8. The molecule has 0 fully saturated rings. The number of ketones is 1. The Labute approximate surface area is 96.4 Å². The second-order valence-corrected chi connectivity index (χ2v) is 5.35. The van der Waals surface area contributed by atoms with Crippen LogP contribution in [0.25, 0.3) is 0 Å². The predicted molar refractivity (Wildman–Crippen MR) is 65.9 cm³/mol. The molecule has 0 N–H and O–H groups in total. The zero-order valence-corrected chi connectivity index (χ0v) is 10.1. The highest BCUT2D eigenvalue weighted by atomic mass is 16.1. The van der Waals surface area contributed by atoms with Crippen molar-refractivity contribution >= 4 is 12.0 Å². The molecular weight excluding hydrogens is 198 g/mol. The Morgan fingerprint density at radius 2 is 2.12 bits per heavy atom. The van der Waals surface area contributed by atoms with Gasteiger partial charge in [-0.1, -0.05) is 39.0 Å². The van der Waals surface area contributed by atoms with Crippen molar-refractivity contribution < 1.29 is 4.79 Å². The maximum Gasteiger partial charge on any atom is 0.142 e. The monoisotopic (exact) mass is 215 g/mol. The van der Waals surface area contributed by atoms with Gasteiger partial charge >= 0.3 is 0 Å². The third-order valence-electron chi connectivity index (χ3n) is 2.90. The van der Waals surface area contributed by atoms with Gasteiger partial charge in [0.05, 0.1) is 6.54 Å². The molecule has 84 valence electrons. The lowest BCUT2D eigenvalue weighted by Crippen LogP contribution is -2.22. The fourth-order valence-corrected chi connectivity index (χ4v) is 1.72. The molecule has 2 rings (SSSR count). The molecule has 1 aromatic rings. The van der Waals surface area contributed by atoms with Crippen LogP contribution in [0.5, 0.6) is 0 Å². The summed E-state index contributed by atoms with van der Waals surface area (Å²) in [6.45, 7) is 6.65. The Morgan fingerprint density at radius 1 is 1.38 bits per heavy atom. The molecule has 1 heterocycles. The maximum atomic E-state index is 11.9. The van der Waals surface area contributed by atoms with Gasteiger partial charge in [-0.25, -0.2) is 0 Å². The average Bonchev–Trinajstić information content (AvgIpc) is 2.63. The van der Waals surface area contributed by atoms with Crippen molar-refractivity contribution in [1.29, 1.82) is 0 Å². The summed E-state index contributed by atoms with van der Waals surface area (Å²) in [6, 6.07) is 6.18. The number of hydrogen-bond donors (Lipinski definition) is 0. The highest BCUT2D eigenvalue weighted by Crippen LogP contribution is 2.21. The standard InChI is InChI=1S/C14H17NO/c1-14(2,3)13(16)7-10-4-5-11-8-15-9-12(11)6-10/h4-6,8H,7,9H2,1-3H3. The van der Waals surface area contributed by atoms with Gasteiger partial charge in [0.2, 0.25) is 0 Å². The highest BCUT2D eigenvalue weighted by Gasteiger charge is 2.21. The van der Waals surface area contributed by atoms with Gasteiger partial charge in [-0.15, -0.1) is 0 Å². The van der Waals surface area contributed by atoms with Crippen LogP contribution in [0.2, 0.25) is 0 Å². The van der Waals surface area contributed by atoms with Crippen LogP contribution in [0.3, 0.4) is 0 Å². The molecule has 0 aliphatic carbocycles. The number of hydrogen-bond acceptors (Lipinski definition) is 2. The number of benzene rings is 1. The van der Waals surface area contributed by atoms with Crippen molar-refractivity contribution in [2.24, 2.45) is 10.4 Å². The molecule has 1 aliphatic rings. The smallest absolute Gasteiger partial charge is 0.142 e. The van der Waals surface area contributed by atoms with Crippen LogP contribution in [0.1, 0.15) is 37.5 Å². The van der Waals surface area contributed by atoms with E-state index in [1.807, 2.05) is 33.1 Å². The van der Waals surface area contributed by atoms with Gasteiger partial charge in [0.25, 0.3) is 0 Å². The van der Waals surface area contributed by atoms with Crippen molar-refractivity contribution in [3.05, 3.63) is 34.9 Å². The lowest BCUT2D eigenvalue weighted by molar-refractivity contribution is -0.125. The molecule has 0 saturated heterocycles. The first-order valence-electron chi connectivity index (χ1n) is 5.62. The van der Waals surface area contributed by atoms with E-state index in [2.05, 4.69) is 17.1 Å². The van der Waals surface area contributed by atoms with Crippen LogP contribution in [0, 0.1) is 5.41 Å². The van der Waals surface area contributed by atoms with Crippen LogP contribution in [0.4, 0.5) is 0 Å². The van der Waals surface area contributed by atoms with Crippen LogP contribution in [-0.4, -0.2) is 12.0 Å². The molecular formula is C14H17NO. The molecule has 1 aliphatic heterocycles. The minimum Gasteiger partial charge on any atom is -0.299 e. The molecule has 0 aromatic heterocycles. The topological polar surface area (TPSA) is 29.4 Å². The van der Waals surface area contributed by atoms with Crippen molar-refractivity contribution in [3.63, 3.8) is 0 Å². The van der Waals surface area contributed by atoms with E-state index >= 15 is 0 Å². The van der Waals surface area contributed by atoms with Crippen LogP contribution >= 0.6 is 0 Å². The summed E-state index contributed by atoms with van der Waals surface area (Å²) < 4.78 is 0. The molecule has 0 spiro atoms. The van der Waals surface area contributed by atoms with E-state index in [1.165, 1.54) is 11.1 Å². The lowest BCUT2D eigenvalue weighted by Gasteiger charge is -2.16. The summed E-state index contributed by atoms with van der Waals surface area (Å²) in [7, 11) is 0. The minimum absolute atomic E-state index is 0.254. The summed E-state index contributed by atoms with van der Waals surface area (Å²) in [5.74, 6) is 0.284. The minimum atomic E-state index is -0.254. The number of aliphatic imine (C=N–C) groups is 1. The molecule has 0 atom stereocenters. The first kappa shape index (κ1) is 11.1. The Balaban J connectivity index is 2.15. The third-order valence-corrected chi connectivity index (χ3v) is 2.90. The molecule has 0 radical (unpaired) electrons. The second kappa shape index (κ2) is 3.85. The van der Waals surface area contributed by atoms with Gasteiger partial charge in [0.1, 0.15) is 5.78 Å². The quantitative estimate of drug-likeness (QED) is 0.746. The van der Waals surface area contributed by atoms with Gasteiger partial charge in [0, 0.05) is 18.1 Å². The van der Waals surface area contributed by atoms with E-state index in [-0.39, 0.29) is 11.2 Å². The van der Waals surface area contributed by atoms with Crippen LogP contribution < -0.4 is 0 Å². The van der Waals surface area contributed by atoms with E-state index in [9.17, 15) is 4.79 Å². The van der Waals surface area contributed by atoms with E-state index in [4.69, 9.17) is 0 Å². The van der Waals surface area contributed by atoms with Crippen molar-refractivity contribution in [2.45, 2.75) is 33.7 Å². The molecule has 16 heavy (non-hydrogen) atoms. The summed E-state index contributed by atoms with van der Waals surface area (Å²) in [5, 5.41) is 0. The van der Waals surface area contributed by atoms with E-state index in [0.29, 0.717) is 6.42 Å². The van der Waals surface area contributed by atoms with Gasteiger partial charge in [-0.2, -0.15) is 0 Å². The first-order chi connectivity index (χ1) is 7.47. The molecule has 2 nitrogen and oxygen atoms in total. The van der Waals surface area contributed by atoms with Gasteiger partial charge in [-0.3, -0.25) is 9.79 Å². The number of rotatable bonds is 2. The largest absolute Gasteiger partial charge is 0.299 e. The molecule has 0 saturated carbocycles. The molecule has 0 unspecified atom stereocenters. The second-order valence-electron chi connectivity index (χ2n) is 5.35. The fourth-order valence-electron chi connectivity index (χ4n) is 1.72. The SMILES string of the molecule is CC(C)(C)C(=O)Cc1ccc2c(c1)CN=C2. The third kappa shape index (κ3) is 2.21. The Bertz CT molecular complexity index is 452. The van der Waals surface area contributed by atoms with Gasteiger partial charge in [-0.05, 0) is 16.7 Å². The number of carbonyl (C=O) groups excluding carboxylic acids is 1. The number of Topliss-reactive ketones (excluding diaryl/α,β-unsaturated/α-hetero) is 1. The van der Waals surface area contributed by atoms with E-state index in [1.54, 1.807) is 0 Å². The number of fused-ring (bicyclic) bond motifs is 1. The van der Waals surface area contributed by atoms with E-state index in [0.717, 1.165) is 12.1 Å². The zero-order valence-electron chi connectivity index (χ0n) is 10.1. The first-order valence-corrected chi connectivity index (χ1v) is 5.62. The summed E-state index contributed by atoms with van der Waals surface area (Å²) in [5.41, 5.74) is 3.27. The van der Waals surface area contributed by atoms with Gasteiger partial charge < -0.3 is 0 Å². The van der Waals surface area contributed by atoms with E-state index < -0.39 is 0 Å². The van der Waals surface area contributed by atoms with Crippen LogP contribution in [-0.2, 0) is 17.8 Å². The number of nitrogens with zero attached hydrogens (tertiary/aromatic N) is 1. The van der Waals surface area contributed by atoms with Crippen molar-refractivity contribution in [1.82, 2.24) is 0 Å². The Kier molecular flexibility index (Phi) is 2.66. The average molecular weight is 215 g/mol. The highest BCUT2D eigenvalue weighted by molar-refractivity contribution is 5.87. The normalized spacial score (nSPS) is 13.9. The lowest BCUT2D eigenvalue weighted by atomic mass is 9.86.